The van der Waals surface area contributed by atoms with Crippen molar-refractivity contribution in [2.45, 2.75) is 14.5 Å². The summed E-state index contributed by atoms with van der Waals surface area (Å²) in [5, 5.41) is 0. The van der Waals surface area contributed by atoms with Crippen LogP contribution in [0.3, 0.4) is 0 Å². The van der Waals surface area contributed by atoms with E-state index in [-0.39, 0.29) is 17.5 Å². The fraction of sp³-hybridized carbons (Fsp3) is 0.150. The van der Waals surface area contributed by atoms with Gasteiger partial charge in [-0.15, -0.1) is 0 Å². The highest BCUT2D eigenvalue weighted by Crippen LogP contribution is 2.40. The Labute approximate surface area is 198 Å². The van der Waals surface area contributed by atoms with Crippen molar-refractivity contribution < 1.29 is 0 Å². The van der Waals surface area contributed by atoms with E-state index in [0.717, 1.165) is 11.1 Å². The molecular formula is C20H11Cl6N3. The number of halogens is 6. The number of aromatic nitrogens is 3. The minimum Gasteiger partial charge on any atom is -0.209 e. The standard InChI is InChI=1S/C20H11Cl6N3/c1-12-2-4-13(5-3-12)6-7-14-8-10-15(11-9-14)16-27-17(19(21,22)23)29-18(28-16)20(24,25)26/h2-5,8-11H,1H3. The summed E-state index contributed by atoms with van der Waals surface area (Å²) in [6, 6.07) is 15.2. The minimum absolute atomic E-state index is 0.142. The summed E-state index contributed by atoms with van der Waals surface area (Å²) in [4.78, 5) is 12.3. The molecule has 0 aliphatic rings. The van der Waals surface area contributed by atoms with Crippen LogP contribution in [-0.2, 0) is 7.59 Å². The number of hydrogen-bond acceptors (Lipinski definition) is 3. The molecule has 0 N–H and O–H groups in total. The van der Waals surface area contributed by atoms with Crippen molar-refractivity contribution in [2.24, 2.45) is 0 Å². The molecule has 1 aromatic heterocycles. The molecule has 0 amide bonds. The summed E-state index contributed by atoms with van der Waals surface area (Å²) in [6.45, 7) is 2.03. The lowest BCUT2D eigenvalue weighted by atomic mass is 10.1. The Morgan fingerprint density at radius 3 is 1.45 bits per heavy atom. The zero-order valence-electron chi connectivity index (χ0n) is 14.7. The summed E-state index contributed by atoms with van der Waals surface area (Å²) in [5.74, 6) is 6.14. The lowest BCUT2D eigenvalue weighted by Gasteiger charge is -2.15. The van der Waals surface area contributed by atoms with Gasteiger partial charge in [0.15, 0.2) is 17.5 Å². The monoisotopic (exact) mass is 503 g/mol. The Morgan fingerprint density at radius 1 is 0.621 bits per heavy atom. The molecule has 3 aromatic rings. The van der Waals surface area contributed by atoms with Gasteiger partial charge in [-0.05, 0) is 43.3 Å². The third-order valence-electron chi connectivity index (χ3n) is 3.69. The van der Waals surface area contributed by atoms with E-state index >= 15 is 0 Å². The van der Waals surface area contributed by atoms with Gasteiger partial charge < -0.3 is 0 Å². The largest absolute Gasteiger partial charge is 0.250 e. The molecule has 0 fully saturated rings. The third kappa shape index (κ3) is 6.12. The van der Waals surface area contributed by atoms with Crippen LogP contribution in [0, 0.1) is 18.8 Å². The molecule has 0 aliphatic carbocycles. The number of alkyl halides is 6. The molecule has 148 valence electrons. The third-order valence-corrected chi connectivity index (χ3v) is 4.70. The Kier molecular flexibility index (Phi) is 6.85. The summed E-state index contributed by atoms with van der Waals surface area (Å²) < 4.78 is -3.80. The van der Waals surface area contributed by atoms with E-state index in [1.165, 1.54) is 5.56 Å². The van der Waals surface area contributed by atoms with Crippen molar-refractivity contribution in [3.63, 3.8) is 0 Å². The van der Waals surface area contributed by atoms with Crippen molar-refractivity contribution in [1.82, 2.24) is 15.0 Å². The van der Waals surface area contributed by atoms with Gasteiger partial charge in [0, 0.05) is 16.7 Å². The number of benzene rings is 2. The average Bonchev–Trinajstić information content (AvgIpc) is 2.66. The topological polar surface area (TPSA) is 38.7 Å². The maximum atomic E-state index is 5.91. The number of hydrogen-bond donors (Lipinski definition) is 0. The Balaban J connectivity index is 1.94. The molecule has 0 bridgehead atoms. The highest BCUT2D eigenvalue weighted by Gasteiger charge is 2.33. The van der Waals surface area contributed by atoms with E-state index in [1.807, 2.05) is 43.3 Å². The highest BCUT2D eigenvalue weighted by atomic mass is 35.6. The van der Waals surface area contributed by atoms with Crippen LogP contribution in [-0.4, -0.2) is 15.0 Å². The predicted molar refractivity (Wildman–Crippen MR) is 121 cm³/mol. The van der Waals surface area contributed by atoms with E-state index in [1.54, 1.807) is 12.1 Å². The van der Waals surface area contributed by atoms with Crippen molar-refractivity contribution in [3.05, 3.63) is 76.9 Å². The molecule has 0 radical (unpaired) electrons. The quantitative estimate of drug-likeness (QED) is 0.267. The van der Waals surface area contributed by atoms with Gasteiger partial charge in [0.05, 0.1) is 0 Å². The Hall–Kier alpha value is -1.25. The van der Waals surface area contributed by atoms with Crippen LogP contribution in [0.5, 0.6) is 0 Å². The second-order valence-electron chi connectivity index (χ2n) is 6.00. The fourth-order valence-corrected chi connectivity index (χ4v) is 2.75. The molecule has 0 atom stereocenters. The maximum Gasteiger partial charge on any atom is 0.250 e. The first-order valence-electron chi connectivity index (χ1n) is 8.12. The first-order valence-corrected chi connectivity index (χ1v) is 10.4. The van der Waals surface area contributed by atoms with Gasteiger partial charge in [-0.25, -0.2) is 15.0 Å². The van der Waals surface area contributed by atoms with Gasteiger partial charge in [-0.1, -0.05) is 99.1 Å². The SMILES string of the molecule is Cc1ccc(C#Cc2ccc(-c3nc(C(Cl)(Cl)Cl)nc(C(Cl)(Cl)Cl)n3)cc2)cc1. The van der Waals surface area contributed by atoms with Gasteiger partial charge in [0.1, 0.15) is 0 Å². The smallest absolute Gasteiger partial charge is 0.209 e. The van der Waals surface area contributed by atoms with Gasteiger partial charge in [-0.3, -0.25) is 0 Å². The zero-order chi connectivity index (χ0) is 21.2. The lowest BCUT2D eigenvalue weighted by Crippen LogP contribution is -2.16. The van der Waals surface area contributed by atoms with Crippen molar-refractivity contribution in [1.29, 1.82) is 0 Å². The number of rotatable bonds is 1. The lowest BCUT2D eigenvalue weighted by molar-refractivity contribution is 0.851. The van der Waals surface area contributed by atoms with E-state index in [9.17, 15) is 0 Å². The second-order valence-corrected chi connectivity index (χ2v) is 10.6. The van der Waals surface area contributed by atoms with E-state index in [2.05, 4.69) is 26.8 Å². The predicted octanol–water partition coefficient (Wildman–Crippen LogP) is 6.90. The van der Waals surface area contributed by atoms with E-state index in [0.29, 0.717) is 5.56 Å². The average molecular weight is 506 g/mol. The van der Waals surface area contributed by atoms with Crippen LogP contribution in [0.1, 0.15) is 28.3 Å². The molecule has 29 heavy (non-hydrogen) atoms. The molecule has 3 rings (SSSR count). The van der Waals surface area contributed by atoms with Crippen molar-refractivity contribution in [3.8, 4) is 23.2 Å². The minimum atomic E-state index is -1.90. The van der Waals surface area contributed by atoms with Gasteiger partial charge in [0.2, 0.25) is 7.59 Å². The summed E-state index contributed by atoms with van der Waals surface area (Å²) >= 11 is 35.4. The summed E-state index contributed by atoms with van der Waals surface area (Å²) in [5.41, 5.74) is 3.54. The van der Waals surface area contributed by atoms with Gasteiger partial charge in [-0.2, -0.15) is 0 Å². The van der Waals surface area contributed by atoms with Gasteiger partial charge in [0.25, 0.3) is 0 Å². The van der Waals surface area contributed by atoms with Crippen molar-refractivity contribution >= 4 is 69.6 Å². The molecule has 0 spiro atoms. The van der Waals surface area contributed by atoms with Crippen LogP contribution in [0.2, 0.25) is 0 Å². The van der Waals surface area contributed by atoms with Gasteiger partial charge >= 0.3 is 0 Å². The van der Waals surface area contributed by atoms with Crippen LogP contribution in [0.4, 0.5) is 0 Å². The fourth-order valence-electron chi connectivity index (χ4n) is 2.24. The van der Waals surface area contributed by atoms with Crippen LogP contribution in [0.25, 0.3) is 11.4 Å². The molecule has 0 saturated heterocycles. The molecule has 3 nitrogen and oxygen atoms in total. The molecular weight excluding hydrogens is 495 g/mol. The van der Waals surface area contributed by atoms with Crippen LogP contribution < -0.4 is 0 Å². The van der Waals surface area contributed by atoms with Crippen molar-refractivity contribution in [2.75, 3.05) is 0 Å². The summed E-state index contributed by atoms with van der Waals surface area (Å²) in [7, 11) is 0. The second kappa shape index (κ2) is 8.86. The molecule has 0 unspecified atom stereocenters. The molecule has 2 aromatic carbocycles. The summed E-state index contributed by atoms with van der Waals surface area (Å²) in [6.07, 6.45) is 0. The molecule has 9 heteroatoms. The van der Waals surface area contributed by atoms with Crippen LogP contribution in [0.15, 0.2) is 48.5 Å². The first kappa shape index (κ1) is 22.4. The zero-order valence-corrected chi connectivity index (χ0v) is 19.3. The molecule has 0 aliphatic heterocycles. The number of aryl methyl sites for hydroxylation is 1. The molecule has 1 heterocycles. The maximum absolute atomic E-state index is 5.91. The Bertz CT molecular complexity index is 1040. The van der Waals surface area contributed by atoms with Crippen LogP contribution >= 0.6 is 69.6 Å². The molecule has 0 saturated carbocycles. The first-order chi connectivity index (χ1) is 13.5. The highest BCUT2D eigenvalue weighted by molar-refractivity contribution is 6.67. The van der Waals surface area contributed by atoms with E-state index < -0.39 is 7.59 Å². The van der Waals surface area contributed by atoms with E-state index in [4.69, 9.17) is 69.6 Å². The normalized spacial score (nSPS) is 11.7. The Morgan fingerprint density at radius 2 is 1.03 bits per heavy atom. The number of nitrogens with zero attached hydrogens (tertiary/aromatic N) is 3.